The summed E-state index contributed by atoms with van der Waals surface area (Å²) >= 11 is 0. The van der Waals surface area contributed by atoms with Crippen LogP contribution in [-0.4, -0.2) is 42.4 Å². The van der Waals surface area contributed by atoms with Gasteiger partial charge in [-0.25, -0.2) is 0 Å². The van der Waals surface area contributed by atoms with E-state index in [0.29, 0.717) is 23.8 Å². The fraction of sp³-hybridized carbons (Fsp3) is 0.500. The second kappa shape index (κ2) is 6.45. The van der Waals surface area contributed by atoms with Crippen LogP contribution in [0.3, 0.4) is 0 Å². The molecule has 1 aliphatic heterocycles. The van der Waals surface area contributed by atoms with Crippen LogP contribution < -0.4 is 0 Å². The highest BCUT2D eigenvalue weighted by molar-refractivity contribution is 5.86. The lowest BCUT2D eigenvalue weighted by Crippen LogP contribution is -2.39. The Balaban J connectivity index is 1.53. The molecule has 2 aliphatic rings. The van der Waals surface area contributed by atoms with E-state index in [9.17, 15) is 4.79 Å². The van der Waals surface area contributed by atoms with E-state index in [-0.39, 0.29) is 0 Å². The van der Waals surface area contributed by atoms with Gasteiger partial charge in [-0.1, -0.05) is 36.4 Å². The van der Waals surface area contributed by atoms with Gasteiger partial charge in [0.05, 0.1) is 0 Å². The smallest absolute Gasteiger partial charge is 0.222 e. The zero-order valence-electron chi connectivity index (χ0n) is 15.5. The number of amides is 1. The molecule has 2 aromatic carbocycles. The summed E-state index contributed by atoms with van der Waals surface area (Å²) in [6.45, 7) is 4.15. The number of piperidine rings is 1. The topological polar surface area (TPSA) is 23.6 Å². The number of hydrogen-bond acceptors (Lipinski definition) is 2. The second-order valence-corrected chi connectivity index (χ2v) is 8.12. The number of nitrogens with zero attached hydrogens (tertiary/aromatic N) is 2. The van der Waals surface area contributed by atoms with E-state index in [0.717, 1.165) is 19.5 Å². The molecule has 132 valence electrons. The molecule has 4 rings (SSSR count). The summed E-state index contributed by atoms with van der Waals surface area (Å²) in [5, 5.41) is 2.70. The number of aryl methyl sites for hydroxylation is 1. The van der Waals surface area contributed by atoms with Crippen molar-refractivity contribution in [3.63, 3.8) is 0 Å². The molecule has 1 amide bonds. The first-order chi connectivity index (χ1) is 12.0. The van der Waals surface area contributed by atoms with Gasteiger partial charge in [0, 0.05) is 32.6 Å². The first kappa shape index (κ1) is 16.6. The van der Waals surface area contributed by atoms with Crippen LogP contribution in [-0.2, 0) is 11.3 Å². The van der Waals surface area contributed by atoms with E-state index in [1.807, 2.05) is 11.9 Å². The van der Waals surface area contributed by atoms with Gasteiger partial charge < -0.3 is 4.90 Å². The number of carbonyl (C=O) groups excluding carboxylic acids is 1. The van der Waals surface area contributed by atoms with E-state index in [2.05, 4.69) is 55.3 Å². The zero-order chi connectivity index (χ0) is 17.6. The van der Waals surface area contributed by atoms with Gasteiger partial charge in [-0.05, 0) is 60.5 Å². The van der Waals surface area contributed by atoms with Gasteiger partial charge in [-0.15, -0.1) is 0 Å². The number of hydrogen-bond donors (Lipinski definition) is 0. The molecular formula is C22H28N2O. The van der Waals surface area contributed by atoms with Gasteiger partial charge in [0.2, 0.25) is 5.91 Å². The molecule has 2 aromatic rings. The normalized spacial score (nSPS) is 26.5. The molecule has 1 saturated carbocycles. The quantitative estimate of drug-likeness (QED) is 0.850. The van der Waals surface area contributed by atoms with Crippen LogP contribution in [0.5, 0.6) is 0 Å². The Bertz CT molecular complexity index is 800. The highest BCUT2D eigenvalue weighted by atomic mass is 16.2. The van der Waals surface area contributed by atoms with E-state index in [1.165, 1.54) is 34.7 Å². The molecule has 0 radical (unpaired) electrons. The zero-order valence-corrected chi connectivity index (χ0v) is 15.5. The summed E-state index contributed by atoms with van der Waals surface area (Å²) in [6.07, 6.45) is 3.14. The Morgan fingerprint density at radius 2 is 1.88 bits per heavy atom. The first-order valence-corrected chi connectivity index (χ1v) is 9.44. The van der Waals surface area contributed by atoms with Gasteiger partial charge in [0.25, 0.3) is 0 Å². The number of fused-ring (bicyclic) bond motifs is 2. The van der Waals surface area contributed by atoms with Crippen molar-refractivity contribution in [3.05, 3.63) is 47.5 Å². The Morgan fingerprint density at radius 1 is 1.12 bits per heavy atom. The van der Waals surface area contributed by atoms with E-state index < -0.39 is 0 Å². The third-order valence-corrected chi connectivity index (χ3v) is 6.49. The van der Waals surface area contributed by atoms with Crippen LogP contribution in [0.2, 0.25) is 0 Å². The molecule has 1 aliphatic carbocycles. The second-order valence-electron chi connectivity index (χ2n) is 8.12. The lowest BCUT2D eigenvalue weighted by molar-refractivity contribution is -0.134. The Kier molecular flexibility index (Phi) is 4.28. The van der Waals surface area contributed by atoms with Gasteiger partial charge in [-0.2, -0.15) is 0 Å². The van der Waals surface area contributed by atoms with Crippen LogP contribution in [0.1, 0.15) is 30.4 Å². The molecule has 3 heteroatoms. The van der Waals surface area contributed by atoms with Crippen molar-refractivity contribution in [2.75, 3.05) is 20.6 Å². The maximum Gasteiger partial charge on any atom is 0.222 e. The molecule has 3 nitrogen and oxygen atoms in total. The molecule has 0 N–H and O–H groups in total. The van der Waals surface area contributed by atoms with Crippen molar-refractivity contribution < 1.29 is 4.79 Å². The van der Waals surface area contributed by atoms with Crippen molar-refractivity contribution >= 4 is 16.7 Å². The predicted molar refractivity (Wildman–Crippen MR) is 102 cm³/mol. The minimum atomic E-state index is 0.328. The van der Waals surface area contributed by atoms with Crippen LogP contribution in [0.25, 0.3) is 10.8 Å². The molecule has 2 fully saturated rings. The van der Waals surface area contributed by atoms with Gasteiger partial charge >= 0.3 is 0 Å². The number of rotatable bonds is 3. The molecule has 0 unspecified atom stereocenters. The Morgan fingerprint density at radius 3 is 2.72 bits per heavy atom. The third-order valence-electron chi connectivity index (χ3n) is 6.49. The molecular weight excluding hydrogens is 308 g/mol. The standard InChI is InChI=1S/C22H28N2O/c1-15-8-9-16-6-4-5-7-20(16)21(15)14-23(2)19-10-17-12-22(25)24(3)13-18(17)11-19/h4-9,17-19H,10-14H2,1-3H3/t17-,18+,19-/m1/s1. The summed E-state index contributed by atoms with van der Waals surface area (Å²) in [7, 11) is 4.21. The maximum atomic E-state index is 12.0. The number of likely N-dealkylation sites (tertiary alicyclic amines) is 1. The van der Waals surface area contributed by atoms with Gasteiger partial charge in [0.15, 0.2) is 0 Å². The van der Waals surface area contributed by atoms with Crippen molar-refractivity contribution in [1.29, 1.82) is 0 Å². The highest BCUT2D eigenvalue weighted by Crippen LogP contribution is 2.40. The SMILES string of the molecule is Cc1ccc2ccccc2c1CN(C)[C@@H]1C[C@@H]2CC(=O)N(C)C[C@@H]2C1. The van der Waals surface area contributed by atoms with Crippen LogP contribution in [0.4, 0.5) is 0 Å². The minimum absolute atomic E-state index is 0.328. The molecule has 0 aromatic heterocycles. The molecule has 1 saturated heterocycles. The lowest BCUT2D eigenvalue weighted by atomic mass is 9.88. The maximum absolute atomic E-state index is 12.0. The van der Waals surface area contributed by atoms with Crippen molar-refractivity contribution in [1.82, 2.24) is 9.80 Å². The molecule has 0 bridgehead atoms. The predicted octanol–water partition coefficient (Wildman–Crippen LogP) is 3.84. The minimum Gasteiger partial charge on any atom is -0.345 e. The molecule has 3 atom stereocenters. The highest BCUT2D eigenvalue weighted by Gasteiger charge is 2.41. The third kappa shape index (κ3) is 3.06. The number of carbonyl (C=O) groups is 1. The summed E-state index contributed by atoms with van der Waals surface area (Å²) < 4.78 is 0. The molecule has 25 heavy (non-hydrogen) atoms. The summed E-state index contributed by atoms with van der Waals surface area (Å²) in [6, 6.07) is 13.7. The lowest BCUT2D eigenvalue weighted by Gasteiger charge is -2.31. The van der Waals surface area contributed by atoms with E-state index >= 15 is 0 Å². The van der Waals surface area contributed by atoms with E-state index in [1.54, 1.807) is 0 Å². The fourth-order valence-electron chi connectivity index (χ4n) is 4.88. The largest absolute Gasteiger partial charge is 0.345 e. The molecule has 1 heterocycles. The summed E-state index contributed by atoms with van der Waals surface area (Å²) in [5.41, 5.74) is 2.82. The van der Waals surface area contributed by atoms with Gasteiger partial charge in [-0.3, -0.25) is 9.69 Å². The summed E-state index contributed by atoms with van der Waals surface area (Å²) in [4.78, 5) is 16.5. The number of benzene rings is 2. The van der Waals surface area contributed by atoms with Crippen molar-refractivity contribution in [2.24, 2.45) is 11.8 Å². The van der Waals surface area contributed by atoms with Gasteiger partial charge in [0.1, 0.15) is 0 Å². The Labute approximate surface area is 150 Å². The molecule has 0 spiro atoms. The van der Waals surface area contributed by atoms with Crippen LogP contribution in [0.15, 0.2) is 36.4 Å². The summed E-state index contributed by atoms with van der Waals surface area (Å²) in [5.74, 6) is 1.60. The van der Waals surface area contributed by atoms with Crippen LogP contribution in [0, 0.1) is 18.8 Å². The average Bonchev–Trinajstić information content (AvgIpc) is 3.00. The van der Waals surface area contributed by atoms with Crippen LogP contribution >= 0.6 is 0 Å². The Hall–Kier alpha value is -1.87. The van der Waals surface area contributed by atoms with Crippen molar-refractivity contribution in [3.8, 4) is 0 Å². The first-order valence-electron chi connectivity index (χ1n) is 9.44. The van der Waals surface area contributed by atoms with E-state index in [4.69, 9.17) is 0 Å². The fourth-order valence-corrected chi connectivity index (χ4v) is 4.88. The van der Waals surface area contributed by atoms with Crippen molar-refractivity contribution in [2.45, 2.75) is 38.8 Å². The monoisotopic (exact) mass is 336 g/mol. The average molecular weight is 336 g/mol.